The van der Waals surface area contributed by atoms with E-state index < -0.39 is 0 Å². The number of aromatic nitrogens is 1. The Bertz CT molecular complexity index is 3920. The van der Waals surface area contributed by atoms with Gasteiger partial charge in [-0.3, -0.25) is 0 Å². The van der Waals surface area contributed by atoms with Crippen LogP contribution in [0.2, 0.25) is 0 Å². The first-order valence-electron chi connectivity index (χ1n) is 22.9. The molecule has 0 N–H and O–H groups in total. The topological polar surface area (TPSA) is 21.3 Å². The van der Waals surface area contributed by atoms with Crippen molar-refractivity contribution in [1.29, 1.82) is 0 Å². The zero-order valence-electron chi connectivity index (χ0n) is 36.6. The molecule has 2 heterocycles. The highest BCUT2D eigenvalue weighted by Crippen LogP contribution is 2.43. The van der Waals surface area contributed by atoms with Crippen molar-refractivity contribution < 1.29 is 4.42 Å². The molecule has 0 amide bonds. The minimum absolute atomic E-state index is 0.884. The van der Waals surface area contributed by atoms with Crippen molar-refractivity contribution in [2.75, 3.05) is 4.90 Å². The standard InChI is InChI=1S/C64H42N2O/c1-2-15-43(16-3-1)47-18-12-19-48(41-47)44-31-36-50(37-32-44)65(52-21-13-20-49(42-52)54-26-14-30-62-63(54)58-40-35-45-17-4-5-23-55(45)64(58)67-62)51-38-33-46(34-39-51)53-22-6-9-27-59(53)66-60-28-10-7-24-56(60)57-25-8-11-29-61(57)66/h1-42H. The summed E-state index contributed by atoms with van der Waals surface area (Å²) in [6, 6.07) is 91.8. The van der Waals surface area contributed by atoms with Crippen molar-refractivity contribution in [3.63, 3.8) is 0 Å². The maximum absolute atomic E-state index is 6.63. The molecule has 13 rings (SSSR count). The number of para-hydroxylation sites is 3. The van der Waals surface area contributed by atoms with Crippen LogP contribution in [0.15, 0.2) is 259 Å². The molecule has 0 saturated heterocycles. The van der Waals surface area contributed by atoms with E-state index in [9.17, 15) is 0 Å². The van der Waals surface area contributed by atoms with Crippen LogP contribution in [0.3, 0.4) is 0 Å². The molecule has 0 spiro atoms. The van der Waals surface area contributed by atoms with Gasteiger partial charge in [-0.2, -0.15) is 0 Å². The van der Waals surface area contributed by atoms with Crippen molar-refractivity contribution in [1.82, 2.24) is 4.57 Å². The van der Waals surface area contributed by atoms with E-state index in [0.717, 1.165) is 66.8 Å². The van der Waals surface area contributed by atoms with E-state index in [1.807, 2.05) is 0 Å². The quantitative estimate of drug-likeness (QED) is 0.152. The van der Waals surface area contributed by atoms with E-state index >= 15 is 0 Å². The zero-order chi connectivity index (χ0) is 44.3. The third-order valence-electron chi connectivity index (χ3n) is 13.4. The molecule has 0 aliphatic heterocycles. The molecule has 0 atom stereocenters. The van der Waals surface area contributed by atoms with Crippen LogP contribution in [-0.4, -0.2) is 4.57 Å². The number of nitrogens with zero attached hydrogens (tertiary/aromatic N) is 2. The van der Waals surface area contributed by atoms with Gasteiger partial charge >= 0.3 is 0 Å². The fraction of sp³-hybridized carbons (Fsp3) is 0. The molecule has 2 aromatic heterocycles. The first-order chi connectivity index (χ1) is 33.2. The van der Waals surface area contributed by atoms with Gasteiger partial charge in [-0.25, -0.2) is 0 Å². The van der Waals surface area contributed by atoms with Crippen molar-refractivity contribution in [2.45, 2.75) is 0 Å². The predicted molar refractivity (Wildman–Crippen MR) is 282 cm³/mol. The SMILES string of the molecule is c1ccc(-c2cccc(-c3ccc(N(c4ccc(-c5ccccc5-n5c6ccccc6c6ccccc65)cc4)c4cccc(-c5cccc6oc7c8ccccc8ccc7c56)c4)cc3)c2)cc1. The largest absolute Gasteiger partial charge is 0.455 e. The molecule has 0 fully saturated rings. The third-order valence-corrected chi connectivity index (χ3v) is 13.4. The van der Waals surface area contributed by atoms with Gasteiger partial charge in [0.25, 0.3) is 0 Å². The molecule has 0 aliphatic carbocycles. The number of hydrogen-bond donors (Lipinski definition) is 0. The molecular weight excluding hydrogens is 813 g/mol. The number of fused-ring (bicyclic) bond motifs is 8. The average Bonchev–Trinajstić information content (AvgIpc) is 3.96. The number of furan rings is 1. The fourth-order valence-corrected chi connectivity index (χ4v) is 10.3. The second-order valence-electron chi connectivity index (χ2n) is 17.3. The first-order valence-corrected chi connectivity index (χ1v) is 22.9. The molecule has 13 aromatic rings. The lowest BCUT2D eigenvalue weighted by Crippen LogP contribution is -2.10. The molecule has 11 aromatic carbocycles. The monoisotopic (exact) mass is 854 g/mol. The third kappa shape index (κ3) is 6.59. The summed E-state index contributed by atoms with van der Waals surface area (Å²) in [5.74, 6) is 0. The first kappa shape index (κ1) is 38.5. The second kappa shape index (κ2) is 16.0. The maximum Gasteiger partial charge on any atom is 0.143 e. The Kier molecular flexibility index (Phi) is 9.17. The molecule has 0 unspecified atom stereocenters. The minimum atomic E-state index is 0.884. The Labute approximate surface area is 388 Å². The molecule has 0 radical (unpaired) electrons. The van der Waals surface area contributed by atoms with Gasteiger partial charge in [0.2, 0.25) is 0 Å². The highest BCUT2D eigenvalue weighted by Gasteiger charge is 2.20. The highest BCUT2D eigenvalue weighted by atomic mass is 16.3. The van der Waals surface area contributed by atoms with Crippen LogP contribution in [0.4, 0.5) is 17.1 Å². The van der Waals surface area contributed by atoms with Gasteiger partial charge in [0.1, 0.15) is 11.2 Å². The van der Waals surface area contributed by atoms with Crippen LogP contribution < -0.4 is 4.90 Å². The summed E-state index contributed by atoms with van der Waals surface area (Å²) < 4.78 is 9.05. The van der Waals surface area contributed by atoms with Crippen molar-refractivity contribution >= 4 is 71.6 Å². The molecule has 0 saturated carbocycles. The molecule has 3 heteroatoms. The minimum Gasteiger partial charge on any atom is -0.455 e. The lowest BCUT2D eigenvalue weighted by molar-refractivity contribution is 0.673. The van der Waals surface area contributed by atoms with Crippen molar-refractivity contribution in [3.05, 3.63) is 255 Å². The van der Waals surface area contributed by atoms with E-state index in [4.69, 9.17) is 4.42 Å². The summed E-state index contributed by atoms with van der Waals surface area (Å²) in [7, 11) is 0. The summed E-state index contributed by atoms with van der Waals surface area (Å²) in [4.78, 5) is 2.37. The Hall–Kier alpha value is -8.92. The summed E-state index contributed by atoms with van der Waals surface area (Å²) >= 11 is 0. The lowest BCUT2D eigenvalue weighted by Gasteiger charge is -2.26. The molecule has 67 heavy (non-hydrogen) atoms. The number of rotatable bonds is 8. The fourth-order valence-electron chi connectivity index (χ4n) is 10.3. The van der Waals surface area contributed by atoms with Gasteiger partial charge < -0.3 is 13.9 Å². The van der Waals surface area contributed by atoms with E-state index in [-0.39, 0.29) is 0 Å². The Morgan fingerprint density at radius 1 is 0.313 bits per heavy atom. The van der Waals surface area contributed by atoms with Crippen LogP contribution in [-0.2, 0) is 0 Å². The van der Waals surface area contributed by atoms with Gasteiger partial charge in [-0.15, -0.1) is 0 Å². The smallest absolute Gasteiger partial charge is 0.143 e. The number of anilines is 3. The summed E-state index contributed by atoms with van der Waals surface area (Å²) in [6.07, 6.45) is 0. The van der Waals surface area contributed by atoms with Crippen LogP contribution >= 0.6 is 0 Å². The van der Waals surface area contributed by atoms with Crippen molar-refractivity contribution in [3.8, 4) is 50.2 Å². The second-order valence-corrected chi connectivity index (χ2v) is 17.3. The van der Waals surface area contributed by atoms with E-state index in [1.54, 1.807) is 0 Å². The van der Waals surface area contributed by atoms with Gasteiger partial charge in [0, 0.05) is 49.6 Å². The summed E-state index contributed by atoms with van der Waals surface area (Å²) in [5, 5.41) is 7.04. The van der Waals surface area contributed by atoms with E-state index in [0.29, 0.717) is 0 Å². The highest BCUT2D eigenvalue weighted by molar-refractivity contribution is 6.19. The van der Waals surface area contributed by atoms with E-state index in [2.05, 4.69) is 264 Å². The van der Waals surface area contributed by atoms with Gasteiger partial charge in [-0.05, 0) is 117 Å². The van der Waals surface area contributed by atoms with Crippen LogP contribution in [0.1, 0.15) is 0 Å². The zero-order valence-corrected chi connectivity index (χ0v) is 36.6. The lowest BCUT2D eigenvalue weighted by atomic mass is 9.97. The average molecular weight is 855 g/mol. The number of benzene rings is 11. The van der Waals surface area contributed by atoms with Gasteiger partial charge in [-0.1, -0.05) is 182 Å². The Morgan fingerprint density at radius 3 is 1.61 bits per heavy atom. The molecule has 0 bridgehead atoms. The summed E-state index contributed by atoms with van der Waals surface area (Å²) in [5.41, 5.74) is 17.9. The van der Waals surface area contributed by atoms with Gasteiger partial charge in [0.15, 0.2) is 0 Å². The van der Waals surface area contributed by atoms with Gasteiger partial charge in [0.05, 0.1) is 16.7 Å². The molecule has 3 nitrogen and oxygen atoms in total. The summed E-state index contributed by atoms with van der Waals surface area (Å²) in [6.45, 7) is 0. The van der Waals surface area contributed by atoms with Crippen LogP contribution in [0, 0.1) is 0 Å². The number of hydrogen-bond acceptors (Lipinski definition) is 2. The maximum atomic E-state index is 6.63. The molecule has 0 aliphatic rings. The van der Waals surface area contributed by atoms with Crippen LogP contribution in [0.25, 0.3) is 105 Å². The normalized spacial score (nSPS) is 11.6. The predicted octanol–water partition coefficient (Wildman–Crippen LogP) is 18.0. The Morgan fingerprint density at radius 2 is 0.866 bits per heavy atom. The Balaban J connectivity index is 0.934. The van der Waals surface area contributed by atoms with Crippen LogP contribution in [0.5, 0.6) is 0 Å². The molecule has 314 valence electrons. The van der Waals surface area contributed by atoms with Crippen molar-refractivity contribution in [2.24, 2.45) is 0 Å². The van der Waals surface area contributed by atoms with E-state index in [1.165, 1.54) is 55.0 Å². The molecular formula is C64H42N2O.